The zero-order chi connectivity index (χ0) is 13.8. The van der Waals surface area contributed by atoms with Crippen molar-refractivity contribution in [1.29, 1.82) is 0 Å². The van der Waals surface area contributed by atoms with E-state index in [9.17, 15) is 9.59 Å². The second kappa shape index (κ2) is 5.52. The molecule has 4 nitrogen and oxygen atoms in total. The summed E-state index contributed by atoms with van der Waals surface area (Å²) in [5, 5.41) is 0. The number of rotatable bonds is 4. The van der Waals surface area contributed by atoms with Crippen LogP contribution in [0.15, 0.2) is 36.7 Å². The van der Waals surface area contributed by atoms with E-state index in [1.807, 2.05) is 19.9 Å². The molecule has 1 aromatic heterocycles. The molecule has 2 rings (SSSR count). The number of benzene rings is 1. The largest absolute Gasteiger partial charge is 0.294 e. The maximum atomic E-state index is 12.1. The number of aryl methyl sites for hydroxylation is 2. The molecule has 2 aromatic rings. The van der Waals surface area contributed by atoms with Gasteiger partial charge in [-0.05, 0) is 32.0 Å². The van der Waals surface area contributed by atoms with Crippen LogP contribution in [-0.2, 0) is 0 Å². The molecule has 0 saturated heterocycles. The van der Waals surface area contributed by atoms with Gasteiger partial charge in [0, 0.05) is 18.0 Å². The lowest BCUT2D eigenvalue weighted by molar-refractivity contribution is 0.0888. The van der Waals surface area contributed by atoms with E-state index in [2.05, 4.69) is 9.97 Å². The van der Waals surface area contributed by atoms with E-state index in [0.717, 1.165) is 11.1 Å². The number of Topliss-reactive ketones (excluding diaryl/α,β-unsaturated/α-hetero) is 2. The van der Waals surface area contributed by atoms with Crippen molar-refractivity contribution in [3.63, 3.8) is 0 Å². The van der Waals surface area contributed by atoms with Gasteiger partial charge in [0.1, 0.15) is 0 Å². The second-order valence-corrected chi connectivity index (χ2v) is 4.47. The van der Waals surface area contributed by atoms with Crippen molar-refractivity contribution in [2.24, 2.45) is 0 Å². The third-order valence-electron chi connectivity index (χ3n) is 2.68. The van der Waals surface area contributed by atoms with Crippen LogP contribution in [0.25, 0.3) is 0 Å². The normalized spacial score (nSPS) is 10.2. The topological polar surface area (TPSA) is 59.9 Å². The quantitative estimate of drug-likeness (QED) is 0.621. The van der Waals surface area contributed by atoms with Crippen LogP contribution >= 0.6 is 0 Å². The van der Waals surface area contributed by atoms with E-state index in [1.165, 1.54) is 12.4 Å². The molecule has 1 aromatic carbocycles. The minimum Gasteiger partial charge on any atom is -0.294 e. The molecule has 0 atom stereocenters. The molecule has 1 heterocycles. The fraction of sp³-hybridized carbons (Fsp3) is 0.200. The Bertz CT molecular complexity index is 601. The van der Waals surface area contributed by atoms with Gasteiger partial charge < -0.3 is 0 Å². The van der Waals surface area contributed by atoms with Crippen molar-refractivity contribution in [3.8, 4) is 0 Å². The lowest BCUT2D eigenvalue weighted by atomic mass is 10.0. The molecule has 0 saturated carbocycles. The number of hydrogen-bond acceptors (Lipinski definition) is 4. The van der Waals surface area contributed by atoms with E-state index < -0.39 is 0 Å². The Balaban J connectivity index is 2.15. The smallest absolute Gasteiger partial charge is 0.207 e. The van der Waals surface area contributed by atoms with Gasteiger partial charge in [-0.1, -0.05) is 17.2 Å². The average molecular weight is 254 g/mol. The van der Waals surface area contributed by atoms with E-state index in [4.69, 9.17) is 0 Å². The third-order valence-corrected chi connectivity index (χ3v) is 2.68. The number of hydrogen-bond donors (Lipinski definition) is 0. The summed E-state index contributed by atoms with van der Waals surface area (Å²) in [6.07, 6.45) is 2.77. The Morgan fingerprint density at radius 1 is 0.947 bits per heavy atom. The Hall–Kier alpha value is -2.36. The van der Waals surface area contributed by atoms with Crippen molar-refractivity contribution >= 4 is 11.6 Å². The Morgan fingerprint density at radius 3 is 2.11 bits per heavy atom. The first-order valence-electron chi connectivity index (χ1n) is 5.98. The highest BCUT2D eigenvalue weighted by Gasteiger charge is 2.15. The maximum Gasteiger partial charge on any atom is 0.207 e. The van der Waals surface area contributed by atoms with E-state index in [-0.39, 0.29) is 23.8 Å². The van der Waals surface area contributed by atoms with Gasteiger partial charge in [-0.3, -0.25) is 9.59 Å². The molecule has 0 N–H and O–H groups in total. The molecule has 0 spiro atoms. The predicted molar refractivity (Wildman–Crippen MR) is 71.2 cm³/mol. The summed E-state index contributed by atoms with van der Waals surface area (Å²) in [7, 11) is 0. The van der Waals surface area contributed by atoms with E-state index in [0.29, 0.717) is 5.56 Å². The van der Waals surface area contributed by atoms with Crippen molar-refractivity contribution in [1.82, 2.24) is 9.97 Å². The summed E-state index contributed by atoms with van der Waals surface area (Å²) in [6, 6.07) is 7.18. The monoisotopic (exact) mass is 254 g/mol. The highest BCUT2D eigenvalue weighted by Crippen LogP contribution is 2.12. The van der Waals surface area contributed by atoms with Crippen LogP contribution < -0.4 is 0 Å². The molecule has 4 heteroatoms. The SMILES string of the molecule is Cc1cc(C)cc(C(=O)CC(=O)c2ncccn2)c1. The second-order valence-electron chi connectivity index (χ2n) is 4.47. The van der Waals surface area contributed by atoms with E-state index in [1.54, 1.807) is 18.2 Å². The summed E-state index contributed by atoms with van der Waals surface area (Å²) in [4.78, 5) is 31.6. The van der Waals surface area contributed by atoms with Crippen LogP contribution in [0, 0.1) is 13.8 Å². The highest BCUT2D eigenvalue weighted by molar-refractivity contribution is 6.12. The first-order chi connectivity index (χ1) is 9.06. The molecule has 0 fully saturated rings. The number of nitrogens with zero attached hydrogens (tertiary/aromatic N) is 2. The minimum atomic E-state index is -0.357. The Labute approximate surface area is 111 Å². The number of carbonyl (C=O) groups is 2. The summed E-state index contributed by atoms with van der Waals surface area (Å²) < 4.78 is 0. The van der Waals surface area contributed by atoms with Gasteiger partial charge in [-0.25, -0.2) is 9.97 Å². The third kappa shape index (κ3) is 3.31. The highest BCUT2D eigenvalue weighted by atomic mass is 16.1. The number of ketones is 2. The molecule has 0 radical (unpaired) electrons. The van der Waals surface area contributed by atoms with E-state index >= 15 is 0 Å². The van der Waals surface area contributed by atoms with Gasteiger partial charge in [0.15, 0.2) is 11.6 Å². The number of aromatic nitrogens is 2. The molecule has 19 heavy (non-hydrogen) atoms. The molecule has 0 amide bonds. The summed E-state index contributed by atoms with van der Waals surface area (Å²) in [5.41, 5.74) is 2.57. The van der Waals surface area contributed by atoms with Crippen molar-refractivity contribution in [2.75, 3.05) is 0 Å². The summed E-state index contributed by atoms with van der Waals surface area (Å²) >= 11 is 0. The molecule has 0 bridgehead atoms. The van der Waals surface area contributed by atoms with Crippen LogP contribution in [0.2, 0.25) is 0 Å². The van der Waals surface area contributed by atoms with Gasteiger partial charge in [-0.15, -0.1) is 0 Å². The Kier molecular flexibility index (Phi) is 3.80. The molecule has 0 aliphatic heterocycles. The Morgan fingerprint density at radius 2 is 1.53 bits per heavy atom. The summed E-state index contributed by atoms with van der Waals surface area (Å²) in [5.74, 6) is -0.478. The van der Waals surface area contributed by atoms with Crippen molar-refractivity contribution in [2.45, 2.75) is 20.3 Å². The lowest BCUT2D eigenvalue weighted by Crippen LogP contribution is -2.11. The van der Waals surface area contributed by atoms with Crippen LogP contribution in [-0.4, -0.2) is 21.5 Å². The van der Waals surface area contributed by atoms with Gasteiger partial charge in [0.2, 0.25) is 5.78 Å². The average Bonchev–Trinajstić information content (AvgIpc) is 2.38. The van der Waals surface area contributed by atoms with Crippen molar-refractivity contribution in [3.05, 3.63) is 59.2 Å². The van der Waals surface area contributed by atoms with Gasteiger partial charge in [0.05, 0.1) is 6.42 Å². The minimum absolute atomic E-state index is 0.0835. The molecule has 0 unspecified atom stereocenters. The van der Waals surface area contributed by atoms with Crippen LogP contribution in [0.5, 0.6) is 0 Å². The zero-order valence-corrected chi connectivity index (χ0v) is 10.9. The molecule has 0 aliphatic carbocycles. The van der Waals surface area contributed by atoms with Crippen LogP contribution in [0.1, 0.15) is 38.5 Å². The maximum absolute atomic E-state index is 12.1. The molecule has 0 aliphatic rings. The molecular weight excluding hydrogens is 240 g/mol. The fourth-order valence-corrected chi connectivity index (χ4v) is 1.91. The van der Waals surface area contributed by atoms with Gasteiger partial charge >= 0.3 is 0 Å². The first kappa shape index (κ1) is 13.1. The van der Waals surface area contributed by atoms with Gasteiger partial charge in [-0.2, -0.15) is 0 Å². The predicted octanol–water partition coefficient (Wildman–Crippen LogP) is 2.55. The zero-order valence-electron chi connectivity index (χ0n) is 10.9. The first-order valence-corrected chi connectivity index (χ1v) is 5.98. The standard InChI is InChI=1S/C15H14N2O2/c1-10-6-11(2)8-12(7-10)13(18)9-14(19)15-16-4-3-5-17-15/h3-8H,9H2,1-2H3. The number of carbonyl (C=O) groups excluding carboxylic acids is 2. The van der Waals surface area contributed by atoms with Crippen molar-refractivity contribution < 1.29 is 9.59 Å². The van der Waals surface area contributed by atoms with Crippen LogP contribution in [0.3, 0.4) is 0 Å². The summed E-state index contributed by atoms with van der Waals surface area (Å²) in [6.45, 7) is 3.85. The molecular formula is C15H14N2O2. The van der Waals surface area contributed by atoms with Gasteiger partial charge in [0.25, 0.3) is 0 Å². The molecule has 96 valence electrons. The lowest BCUT2D eigenvalue weighted by Gasteiger charge is -2.03. The fourth-order valence-electron chi connectivity index (χ4n) is 1.91. The van der Waals surface area contributed by atoms with Crippen LogP contribution in [0.4, 0.5) is 0 Å².